The number of aromatic nitrogens is 6. The van der Waals surface area contributed by atoms with Crippen molar-refractivity contribution in [2.75, 3.05) is 7.11 Å². The summed E-state index contributed by atoms with van der Waals surface area (Å²) in [6.07, 6.45) is 1.34. The molecule has 13 heteroatoms. The van der Waals surface area contributed by atoms with Crippen molar-refractivity contribution in [2.24, 2.45) is 0 Å². The van der Waals surface area contributed by atoms with E-state index in [0.717, 1.165) is 45.6 Å². The highest BCUT2D eigenvalue weighted by molar-refractivity contribution is 5.89. The lowest BCUT2D eigenvalue weighted by Crippen LogP contribution is -2.23. The highest BCUT2D eigenvalue weighted by atomic mass is 16.6. The van der Waals surface area contributed by atoms with Crippen LogP contribution in [0, 0.1) is 13.8 Å². The lowest BCUT2D eigenvalue weighted by molar-refractivity contribution is 0.0395. The van der Waals surface area contributed by atoms with Gasteiger partial charge in [-0.3, -0.25) is 0 Å². The number of carbonyl (C=O) groups is 1. The smallest absolute Gasteiger partial charge is 0.496 e. The first kappa shape index (κ1) is 35.0. The average molecular weight is 693 g/mol. The summed E-state index contributed by atoms with van der Waals surface area (Å²) in [7, 11) is 1.65. The van der Waals surface area contributed by atoms with Gasteiger partial charge in [0.25, 0.3) is 0 Å². The molecule has 264 valence electrons. The van der Waals surface area contributed by atoms with Gasteiger partial charge < -0.3 is 28.0 Å². The summed E-state index contributed by atoms with van der Waals surface area (Å²) < 4.78 is 24.6. The number of methoxy groups -OCH3 is 1. The second-order valence-corrected chi connectivity index (χ2v) is 12.8. The van der Waals surface area contributed by atoms with Crippen LogP contribution in [0.25, 0.3) is 22.5 Å². The maximum absolute atomic E-state index is 13.6. The highest BCUT2D eigenvalue weighted by Gasteiger charge is 2.33. The molecule has 0 fully saturated rings. The van der Waals surface area contributed by atoms with E-state index in [0.29, 0.717) is 31.2 Å². The molecule has 6 aromatic rings. The van der Waals surface area contributed by atoms with Crippen LogP contribution < -0.4 is 10.6 Å². The van der Waals surface area contributed by atoms with Gasteiger partial charge in [-0.15, -0.1) is 5.10 Å². The Morgan fingerprint density at radius 2 is 1.73 bits per heavy atom. The van der Waals surface area contributed by atoms with E-state index in [1.807, 2.05) is 80.6 Å². The monoisotopic (exact) mass is 692 g/mol. The standard InChI is InChI=1S/C38H40N6O7/c1-7-10-32-39-34(38(4,5)47)33(36(45)49-22-31-24(3)50-37(46)51-31)43(32)20-25-14-17-26(18-15-25)28-11-8-9-12-29(28)35-40-41-42-44(35)21-27-16-13-23(2)19-30(27)48-6/h8-9,11-19,47H,7,10,20-22H2,1-6H3. The van der Waals surface area contributed by atoms with Crippen LogP contribution in [0.4, 0.5) is 0 Å². The van der Waals surface area contributed by atoms with Crippen LogP contribution in [-0.2, 0) is 36.5 Å². The zero-order valence-electron chi connectivity index (χ0n) is 29.5. The molecule has 13 nitrogen and oxygen atoms in total. The Balaban J connectivity index is 1.30. The van der Waals surface area contributed by atoms with Gasteiger partial charge in [0.2, 0.25) is 0 Å². The third-order valence-electron chi connectivity index (χ3n) is 8.53. The van der Waals surface area contributed by atoms with Gasteiger partial charge in [-0.2, -0.15) is 0 Å². The molecule has 3 aromatic heterocycles. The molecule has 0 saturated heterocycles. The lowest BCUT2D eigenvalue weighted by atomic mass is 9.98. The number of esters is 1. The molecule has 0 saturated carbocycles. The third kappa shape index (κ3) is 7.53. The van der Waals surface area contributed by atoms with Crippen molar-refractivity contribution in [3.05, 3.63) is 123 Å². The van der Waals surface area contributed by atoms with Crippen molar-refractivity contribution >= 4 is 5.97 Å². The molecule has 1 N–H and O–H groups in total. The van der Waals surface area contributed by atoms with Crippen LogP contribution >= 0.6 is 0 Å². The van der Waals surface area contributed by atoms with Crippen LogP contribution in [0.1, 0.15) is 77.4 Å². The Kier molecular flexibility index (Phi) is 10.0. The zero-order valence-corrected chi connectivity index (χ0v) is 29.5. The number of nitrogens with zero attached hydrogens (tertiary/aromatic N) is 6. The van der Waals surface area contributed by atoms with Gasteiger partial charge in [0, 0.05) is 24.1 Å². The summed E-state index contributed by atoms with van der Waals surface area (Å²) in [5.74, 6) is 0.771. The number of ether oxygens (including phenoxy) is 2. The maximum Gasteiger partial charge on any atom is 0.519 e. The van der Waals surface area contributed by atoms with Crippen molar-refractivity contribution in [1.82, 2.24) is 29.8 Å². The second-order valence-electron chi connectivity index (χ2n) is 12.8. The molecular weight excluding hydrogens is 652 g/mol. The van der Waals surface area contributed by atoms with Gasteiger partial charge in [-0.25, -0.2) is 19.3 Å². The van der Waals surface area contributed by atoms with Gasteiger partial charge in [0.1, 0.15) is 22.9 Å². The van der Waals surface area contributed by atoms with E-state index in [1.165, 1.54) is 0 Å². The van der Waals surface area contributed by atoms with Crippen LogP contribution in [0.2, 0.25) is 0 Å². The molecule has 0 atom stereocenters. The minimum Gasteiger partial charge on any atom is -0.496 e. The number of carbonyl (C=O) groups excluding carboxylic acids is 1. The van der Waals surface area contributed by atoms with Crippen LogP contribution in [0.15, 0.2) is 80.4 Å². The summed E-state index contributed by atoms with van der Waals surface area (Å²) in [6, 6.07) is 22.0. The number of rotatable bonds is 13. The molecule has 51 heavy (non-hydrogen) atoms. The fourth-order valence-electron chi connectivity index (χ4n) is 5.97. The number of tetrazole rings is 1. The average Bonchev–Trinajstić information content (AvgIpc) is 3.81. The van der Waals surface area contributed by atoms with E-state index < -0.39 is 17.4 Å². The van der Waals surface area contributed by atoms with Crippen LogP contribution in [0.5, 0.6) is 5.75 Å². The number of hydrogen-bond donors (Lipinski definition) is 1. The fourth-order valence-corrected chi connectivity index (χ4v) is 5.97. The van der Waals surface area contributed by atoms with Crippen molar-refractivity contribution in [3.8, 4) is 28.3 Å². The number of aliphatic hydroxyl groups is 1. The molecule has 0 bridgehead atoms. The van der Waals surface area contributed by atoms with Gasteiger partial charge in [0.05, 0.1) is 13.7 Å². The quantitative estimate of drug-likeness (QED) is 0.141. The molecule has 3 heterocycles. The SMILES string of the molecule is CCCc1nc(C(C)(C)O)c(C(=O)OCc2oc(=O)oc2C)n1Cc1ccc(-c2ccccc2-c2nnnn2Cc2ccc(C)cc2OC)cc1. The first-order valence-corrected chi connectivity index (χ1v) is 16.6. The van der Waals surface area contributed by atoms with Gasteiger partial charge >= 0.3 is 11.8 Å². The van der Waals surface area contributed by atoms with Crippen molar-refractivity contribution < 1.29 is 28.2 Å². The summed E-state index contributed by atoms with van der Waals surface area (Å²) in [6.45, 7) is 9.14. The van der Waals surface area contributed by atoms with Crippen molar-refractivity contribution in [2.45, 2.75) is 72.8 Å². The number of benzene rings is 3. The molecule has 0 amide bonds. The maximum atomic E-state index is 13.6. The second kappa shape index (κ2) is 14.6. The van der Waals surface area contributed by atoms with E-state index in [4.69, 9.17) is 23.3 Å². The number of aryl methyl sites for hydroxylation is 3. The summed E-state index contributed by atoms with van der Waals surface area (Å²) in [4.78, 5) is 29.9. The van der Waals surface area contributed by atoms with Gasteiger partial charge in [-0.05, 0) is 72.9 Å². The Labute approximate surface area is 294 Å². The topological polar surface area (TPSA) is 161 Å². The predicted octanol–water partition coefficient (Wildman–Crippen LogP) is 6.01. The molecule has 0 spiro atoms. The van der Waals surface area contributed by atoms with Crippen molar-refractivity contribution in [3.63, 3.8) is 0 Å². The summed E-state index contributed by atoms with van der Waals surface area (Å²) in [5.41, 5.74) is 4.60. The van der Waals surface area contributed by atoms with Crippen LogP contribution in [0.3, 0.4) is 0 Å². The highest BCUT2D eigenvalue weighted by Crippen LogP contribution is 2.33. The van der Waals surface area contributed by atoms with E-state index in [2.05, 4.69) is 15.5 Å². The lowest BCUT2D eigenvalue weighted by Gasteiger charge is -2.18. The van der Waals surface area contributed by atoms with Gasteiger partial charge in [-0.1, -0.05) is 67.6 Å². The number of hydrogen-bond acceptors (Lipinski definition) is 11. The first-order chi connectivity index (χ1) is 24.5. The molecule has 0 unspecified atom stereocenters. The Morgan fingerprint density at radius 1 is 0.980 bits per heavy atom. The van der Waals surface area contributed by atoms with E-state index in [1.54, 1.807) is 37.1 Å². The third-order valence-corrected chi connectivity index (χ3v) is 8.53. The molecule has 0 aliphatic carbocycles. The zero-order chi connectivity index (χ0) is 36.3. The Hall–Kier alpha value is -5.82. The Morgan fingerprint density at radius 3 is 2.39 bits per heavy atom. The Bertz CT molecular complexity index is 2220. The molecule has 3 aromatic carbocycles. The molecule has 6 rings (SSSR count). The molecule has 0 aliphatic heterocycles. The largest absolute Gasteiger partial charge is 0.519 e. The van der Waals surface area contributed by atoms with E-state index in [-0.39, 0.29) is 29.5 Å². The van der Waals surface area contributed by atoms with Gasteiger partial charge in [0.15, 0.2) is 29.6 Å². The minimum absolute atomic E-state index is 0.109. The number of imidazole rings is 1. The normalized spacial score (nSPS) is 11.6. The molecule has 0 aliphatic rings. The van der Waals surface area contributed by atoms with Crippen LogP contribution in [-0.4, -0.2) is 47.9 Å². The first-order valence-electron chi connectivity index (χ1n) is 16.6. The molecular formula is C38H40N6O7. The minimum atomic E-state index is -1.44. The van der Waals surface area contributed by atoms with Crippen molar-refractivity contribution in [1.29, 1.82) is 0 Å². The summed E-state index contributed by atoms with van der Waals surface area (Å²) in [5, 5.41) is 23.7. The van der Waals surface area contributed by atoms with E-state index >= 15 is 0 Å². The predicted molar refractivity (Wildman–Crippen MR) is 187 cm³/mol. The van der Waals surface area contributed by atoms with E-state index in [9.17, 15) is 14.7 Å². The molecule has 0 radical (unpaired) electrons. The summed E-state index contributed by atoms with van der Waals surface area (Å²) >= 11 is 0. The fraction of sp³-hybridized carbons (Fsp3) is 0.316.